The van der Waals surface area contributed by atoms with Gasteiger partial charge in [0.1, 0.15) is 5.69 Å². The highest BCUT2D eigenvalue weighted by Crippen LogP contribution is 2.08. The predicted molar refractivity (Wildman–Crippen MR) is 65.1 cm³/mol. The maximum Gasteiger partial charge on any atom is 0.277 e. The zero-order chi connectivity index (χ0) is 11.3. The summed E-state index contributed by atoms with van der Waals surface area (Å²) in [5.41, 5.74) is 4.92. The molecule has 0 aromatic carbocycles. The number of nitrogens with zero attached hydrogens (tertiary/aromatic N) is 1. The number of nitrogens with two attached hydrogens (primary N) is 1. The van der Waals surface area contributed by atoms with E-state index in [9.17, 15) is 13.6 Å². The topological polar surface area (TPSA) is 68.0 Å². The van der Waals surface area contributed by atoms with Gasteiger partial charge in [-0.3, -0.25) is 9.78 Å². The number of hydrogen-bond acceptors (Lipinski definition) is 3. The van der Waals surface area contributed by atoms with E-state index >= 15 is 0 Å². The summed E-state index contributed by atoms with van der Waals surface area (Å²) >= 11 is 0. The fraction of sp³-hybridized carbons (Fsp3) is 0.333. The molecule has 98 valence electrons. The van der Waals surface area contributed by atoms with Crippen LogP contribution in [0.25, 0.3) is 0 Å². The van der Waals surface area contributed by atoms with Crippen LogP contribution in [0.3, 0.4) is 0 Å². The van der Waals surface area contributed by atoms with Crippen LogP contribution in [0.1, 0.15) is 10.5 Å². The molecule has 0 spiro atoms. The van der Waals surface area contributed by atoms with E-state index in [1.54, 1.807) is 12.1 Å². The second kappa shape index (κ2) is 8.16. The number of nitrogens with one attached hydrogen (secondary N) is 1. The third-order valence-electron chi connectivity index (χ3n) is 1.70. The Hall–Kier alpha value is -0.980. The molecule has 0 atom stereocenters. The molecule has 8 heteroatoms. The molecule has 1 amide bonds. The van der Waals surface area contributed by atoms with Gasteiger partial charge in [0.05, 0.1) is 13.1 Å². The van der Waals surface area contributed by atoms with Crippen LogP contribution in [-0.4, -0.2) is 29.9 Å². The van der Waals surface area contributed by atoms with Crippen molar-refractivity contribution in [3.8, 4) is 0 Å². The molecule has 0 unspecified atom stereocenters. The minimum absolute atomic E-state index is 0. The molecule has 4 nitrogen and oxygen atoms in total. The van der Waals surface area contributed by atoms with Gasteiger partial charge in [-0.25, -0.2) is 8.78 Å². The molecule has 0 radical (unpaired) electrons. The summed E-state index contributed by atoms with van der Waals surface area (Å²) in [5, 5.41) is 2.06. The van der Waals surface area contributed by atoms with Gasteiger partial charge in [-0.15, -0.1) is 24.8 Å². The van der Waals surface area contributed by atoms with E-state index in [1.165, 1.54) is 12.3 Å². The van der Waals surface area contributed by atoms with Gasteiger partial charge in [0.15, 0.2) is 0 Å². The van der Waals surface area contributed by atoms with Crippen molar-refractivity contribution in [2.45, 2.75) is 5.92 Å². The quantitative estimate of drug-likeness (QED) is 0.876. The van der Waals surface area contributed by atoms with Gasteiger partial charge in [-0.05, 0) is 12.1 Å². The van der Waals surface area contributed by atoms with Crippen LogP contribution >= 0.6 is 24.8 Å². The number of rotatable bonds is 4. The van der Waals surface area contributed by atoms with Crippen molar-refractivity contribution in [2.75, 3.05) is 13.1 Å². The minimum Gasteiger partial charge on any atom is -0.345 e. The fourth-order valence-electron chi connectivity index (χ4n) is 0.869. The lowest BCUT2D eigenvalue weighted by molar-refractivity contribution is 0.0118. The molecule has 0 bridgehead atoms. The molecule has 0 aliphatic heterocycles. The van der Waals surface area contributed by atoms with E-state index in [0.29, 0.717) is 0 Å². The highest BCUT2D eigenvalue weighted by Gasteiger charge is 2.27. The monoisotopic (exact) mass is 287 g/mol. The number of carbonyl (C=O) groups excluding carboxylic acids is 1. The maximum absolute atomic E-state index is 12.7. The van der Waals surface area contributed by atoms with E-state index in [1.807, 2.05) is 0 Å². The first-order chi connectivity index (χ1) is 7.05. The van der Waals surface area contributed by atoms with Gasteiger partial charge in [-0.1, -0.05) is 6.07 Å². The number of alkyl halides is 2. The molecular formula is C9H13Cl2F2N3O. The Morgan fingerprint density at radius 3 is 2.53 bits per heavy atom. The Labute approximate surface area is 110 Å². The van der Waals surface area contributed by atoms with E-state index in [0.717, 1.165) is 0 Å². The SMILES string of the molecule is Cl.Cl.NCC(F)(F)CNC(=O)c1ccccn1. The molecule has 0 aliphatic carbocycles. The van der Waals surface area contributed by atoms with E-state index in [2.05, 4.69) is 10.3 Å². The summed E-state index contributed by atoms with van der Waals surface area (Å²) in [4.78, 5) is 15.0. The summed E-state index contributed by atoms with van der Waals surface area (Å²) in [6.07, 6.45) is 1.41. The van der Waals surface area contributed by atoms with Crippen LogP contribution in [0.15, 0.2) is 24.4 Å². The first-order valence-corrected chi connectivity index (χ1v) is 4.32. The van der Waals surface area contributed by atoms with Crippen molar-refractivity contribution in [3.63, 3.8) is 0 Å². The zero-order valence-electron chi connectivity index (χ0n) is 8.73. The van der Waals surface area contributed by atoms with Crippen LogP contribution < -0.4 is 11.1 Å². The van der Waals surface area contributed by atoms with E-state index in [4.69, 9.17) is 5.73 Å². The summed E-state index contributed by atoms with van der Waals surface area (Å²) in [6.45, 7) is -1.57. The van der Waals surface area contributed by atoms with Crippen molar-refractivity contribution in [3.05, 3.63) is 30.1 Å². The lowest BCUT2D eigenvalue weighted by Crippen LogP contribution is -2.41. The number of aromatic nitrogens is 1. The fourth-order valence-corrected chi connectivity index (χ4v) is 0.869. The second-order valence-electron chi connectivity index (χ2n) is 2.96. The molecule has 1 heterocycles. The highest BCUT2D eigenvalue weighted by molar-refractivity contribution is 5.92. The van der Waals surface area contributed by atoms with Gasteiger partial charge < -0.3 is 11.1 Å². The Balaban J connectivity index is 0. The molecule has 0 saturated carbocycles. The summed E-state index contributed by atoms with van der Waals surface area (Å²) in [5.74, 6) is -3.71. The first kappa shape index (κ1) is 18.4. The number of hydrogen-bond donors (Lipinski definition) is 2. The van der Waals surface area contributed by atoms with Crippen LogP contribution in [0.4, 0.5) is 8.78 Å². The largest absolute Gasteiger partial charge is 0.345 e. The van der Waals surface area contributed by atoms with Crippen LogP contribution in [0, 0.1) is 0 Å². The standard InChI is InChI=1S/C9H11F2N3O.2ClH/c10-9(11,5-12)6-14-8(15)7-3-1-2-4-13-7;;/h1-4H,5-6,12H2,(H,14,15);2*1H. The van der Waals surface area contributed by atoms with Gasteiger partial charge in [0.25, 0.3) is 11.8 Å². The Kier molecular flexibility index (Phi) is 8.83. The molecule has 0 saturated heterocycles. The molecular weight excluding hydrogens is 275 g/mol. The number of amides is 1. The van der Waals surface area contributed by atoms with Crippen LogP contribution in [0.2, 0.25) is 0 Å². The molecule has 1 aromatic rings. The Morgan fingerprint density at radius 1 is 1.41 bits per heavy atom. The van der Waals surface area contributed by atoms with Gasteiger partial charge >= 0.3 is 0 Å². The van der Waals surface area contributed by atoms with Crippen LogP contribution in [0.5, 0.6) is 0 Å². The molecule has 0 aliphatic rings. The first-order valence-electron chi connectivity index (χ1n) is 4.32. The Bertz CT molecular complexity index is 338. The van der Waals surface area contributed by atoms with Crippen molar-refractivity contribution >= 4 is 30.7 Å². The van der Waals surface area contributed by atoms with Crippen molar-refractivity contribution in [1.82, 2.24) is 10.3 Å². The third kappa shape index (κ3) is 6.35. The maximum atomic E-state index is 12.7. The van der Waals surface area contributed by atoms with Crippen molar-refractivity contribution < 1.29 is 13.6 Å². The van der Waals surface area contributed by atoms with E-state index < -0.39 is 24.9 Å². The van der Waals surface area contributed by atoms with Crippen LogP contribution in [-0.2, 0) is 0 Å². The average Bonchev–Trinajstić information content (AvgIpc) is 2.27. The minimum atomic E-state index is -3.08. The summed E-state index contributed by atoms with van der Waals surface area (Å²) in [7, 11) is 0. The molecule has 1 rings (SSSR count). The summed E-state index contributed by atoms with van der Waals surface area (Å²) in [6, 6.07) is 4.67. The lowest BCUT2D eigenvalue weighted by Gasteiger charge is -2.13. The molecule has 1 aromatic heterocycles. The zero-order valence-corrected chi connectivity index (χ0v) is 10.4. The number of pyridine rings is 1. The van der Waals surface area contributed by atoms with Gasteiger partial charge in [0, 0.05) is 6.20 Å². The van der Waals surface area contributed by atoms with Crippen molar-refractivity contribution in [2.24, 2.45) is 5.73 Å². The Morgan fingerprint density at radius 2 is 2.06 bits per heavy atom. The third-order valence-corrected chi connectivity index (χ3v) is 1.70. The van der Waals surface area contributed by atoms with Gasteiger partial charge in [0.2, 0.25) is 0 Å². The number of carbonyl (C=O) groups is 1. The predicted octanol–water partition coefficient (Wildman–Crippen LogP) is 1.25. The molecule has 0 fully saturated rings. The smallest absolute Gasteiger partial charge is 0.277 e. The molecule has 17 heavy (non-hydrogen) atoms. The highest BCUT2D eigenvalue weighted by atomic mass is 35.5. The summed E-state index contributed by atoms with van der Waals surface area (Å²) < 4.78 is 25.3. The van der Waals surface area contributed by atoms with E-state index in [-0.39, 0.29) is 30.5 Å². The average molecular weight is 288 g/mol. The van der Waals surface area contributed by atoms with Crippen molar-refractivity contribution in [1.29, 1.82) is 0 Å². The lowest BCUT2D eigenvalue weighted by atomic mass is 10.3. The second-order valence-corrected chi connectivity index (χ2v) is 2.96. The molecule has 3 N–H and O–H groups in total. The normalized spacial score (nSPS) is 9.82. The number of halogens is 4. The van der Waals surface area contributed by atoms with Gasteiger partial charge in [-0.2, -0.15) is 0 Å².